The Labute approximate surface area is 193 Å². The second kappa shape index (κ2) is 6.64. The van der Waals surface area contributed by atoms with Gasteiger partial charge in [-0.1, -0.05) is 46.8 Å². The average Bonchev–Trinajstić information content (AvgIpc) is 2.73. The van der Waals surface area contributed by atoms with Gasteiger partial charge < -0.3 is 9.84 Å². The minimum Gasteiger partial charge on any atom is -0.504 e. The molecule has 0 aliphatic heterocycles. The van der Waals surface area contributed by atoms with Crippen LogP contribution in [-0.2, 0) is 10.2 Å². The summed E-state index contributed by atoms with van der Waals surface area (Å²) in [6, 6.07) is 1.98. The number of hydrogen-bond donors (Lipinski definition) is 1. The standard InChI is InChI=1S/C29H40O3/c1-17-14-24-26(3,16-22(17)31)10-12-28(5)23-9-8-19-18(2)25(32-7)21(30)15-20(19)27(23,4)11-13-29(24,28)6/h8-9,15,17,23-24,30H,10-14,16H2,1-7H3/t17-,23-,24-,26+,27+,28-,29+/m1/s1. The van der Waals surface area contributed by atoms with Crippen LogP contribution in [0.3, 0.4) is 0 Å². The van der Waals surface area contributed by atoms with Crippen LogP contribution in [0, 0.1) is 40.9 Å². The summed E-state index contributed by atoms with van der Waals surface area (Å²) in [4.78, 5) is 12.7. The molecule has 3 heteroatoms. The molecule has 0 heterocycles. The van der Waals surface area contributed by atoms with Crippen LogP contribution in [-0.4, -0.2) is 18.0 Å². The number of rotatable bonds is 1. The van der Waals surface area contributed by atoms with Gasteiger partial charge in [0, 0.05) is 23.3 Å². The van der Waals surface area contributed by atoms with Crippen molar-refractivity contribution in [2.75, 3.05) is 7.11 Å². The maximum Gasteiger partial charge on any atom is 0.163 e. The average molecular weight is 437 g/mol. The summed E-state index contributed by atoms with van der Waals surface area (Å²) >= 11 is 0. The molecule has 174 valence electrons. The highest BCUT2D eigenvalue weighted by atomic mass is 16.5. The molecule has 4 aliphatic rings. The van der Waals surface area contributed by atoms with Gasteiger partial charge in [-0.15, -0.1) is 0 Å². The molecular weight excluding hydrogens is 396 g/mol. The first-order chi connectivity index (χ1) is 14.9. The molecule has 0 amide bonds. The minimum absolute atomic E-state index is 0.00328. The number of carbonyl (C=O) groups is 1. The van der Waals surface area contributed by atoms with Gasteiger partial charge in [-0.25, -0.2) is 0 Å². The van der Waals surface area contributed by atoms with Crippen molar-refractivity contribution in [3.63, 3.8) is 0 Å². The number of benzene rings is 1. The van der Waals surface area contributed by atoms with Crippen molar-refractivity contribution in [3.8, 4) is 11.5 Å². The zero-order valence-electron chi connectivity index (χ0n) is 21.0. The van der Waals surface area contributed by atoms with Gasteiger partial charge in [0.25, 0.3) is 0 Å². The highest BCUT2D eigenvalue weighted by Crippen LogP contribution is 2.74. The minimum atomic E-state index is -0.00328. The maximum absolute atomic E-state index is 12.7. The fourth-order valence-corrected chi connectivity index (χ4v) is 8.99. The van der Waals surface area contributed by atoms with Crippen LogP contribution in [0.5, 0.6) is 11.5 Å². The molecule has 7 atom stereocenters. The molecule has 1 N–H and O–H groups in total. The Balaban J connectivity index is 1.63. The number of phenolic OH excluding ortho intramolecular Hbond substituents is 1. The number of Topliss-reactive ketones (excluding diaryl/α,β-unsaturated/α-hetero) is 1. The van der Waals surface area contributed by atoms with Gasteiger partial charge in [-0.3, -0.25) is 4.79 Å². The Kier molecular flexibility index (Phi) is 4.57. The van der Waals surface area contributed by atoms with E-state index in [4.69, 9.17) is 4.74 Å². The normalized spacial score (nSPS) is 44.8. The Morgan fingerprint density at radius 3 is 2.44 bits per heavy atom. The van der Waals surface area contributed by atoms with Crippen LogP contribution in [0.25, 0.3) is 6.08 Å². The van der Waals surface area contributed by atoms with Crippen LogP contribution in [0.2, 0.25) is 0 Å². The van der Waals surface area contributed by atoms with E-state index < -0.39 is 0 Å². The first-order valence-corrected chi connectivity index (χ1v) is 12.5. The number of fused-ring (bicyclic) bond motifs is 7. The van der Waals surface area contributed by atoms with E-state index >= 15 is 0 Å². The molecule has 0 spiro atoms. The van der Waals surface area contributed by atoms with Crippen LogP contribution in [0.15, 0.2) is 12.1 Å². The topological polar surface area (TPSA) is 46.5 Å². The van der Waals surface area contributed by atoms with Crippen LogP contribution < -0.4 is 4.74 Å². The van der Waals surface area contributed by atoms with Gasteiger partial charge in [-0.05, 0) is 84.3 Å². The summed E-state index contributed by atoms with van der Waals surface area (Å²) in [7, 11) is 1.63. The number of ketones is 1. The predicted octanol–water partition coefficient (Wildman–Crippen LogP) is 6.83. The molecule has 3 fully saturated rings. The predicted molar refractivity (Wildman–Crippen MR) is 129 cm³/mol. The summed E-state index contributed by atoms with van der Waals surface area (Å²) in [6.45, 7) is 14.1. The molecule has 3 saturated carbocycles. The number of phenols is 1. The van der Waals surface area contributed by atoms with Crippen molar-refractivity contribution < 1.29 is 14.6 Å². The smallest absolute Gasteiger partial charge is 0.163 e. The van der Waals surface area contributed by atoms with Crippen molar-refractivity contribution in [3.05, 3.63) is 28.8 Å². The molecule has 3 nitrogen and oxygen atoms in total. The van der Waals surface area contributed by atoms with Gasteiger partial charge in [0.1, 0.15) is 5.78 Å². The molecule has 4 aliphatic carbocycles. The van der Waals surface area contributed by atoms with Crippen LogP contribution >= 0.6 is 0 Å². The van der Waals surface area contributed by atoms with Gasteiger partial charge in [0.05, 0.1) is 7.11 Å². The highest BCUT2D eigenvalue weighted by Gasteiger charge is 2.67. The molecule has 0 bridgehead atoms. The van der Waals surface area contributed by atoms with E-state index in [2.05, 4.69) is 53.7 Å². The van der Waals surface area contributed by atoms with Gasteiger partial charge in [0.2, 0.25) is 0 Å². The summed E-state index contributed by atoms with van der Waals surface area (Å²) < 4.78 is 5.51. The summed E-state index contributed by atoms with van der Waals surface area (Å²) in [5.74, 6) is 2.53. The summed E-state index contributed by atoms with van der Waals surface area (Å²) in [5.41, 5.74) is 4.06. The number of carbonyl (C=O) groups excluding carboxylic acids is 1. The van der Waals surface area contributed by atoms with Crippen molar-refractivity contribution in [1.82, 2.24) is 0 Å². The van der Waals surface area contributed by atoms with E-state index in [9.17, 15) is 9.90 Å². The third kappa shape index (κ3) is 2.51. The number of methoxy groups -OCH3 is 1. The molecule has 0 aromatic heterocycles. The molecule has 32 heavy (non-hydrogen) atoms. The van der Waals surface area contributed by atoms with E-state index in [-0.39, 0.29) is 33.3 Å². The second-order valence-electron chi connectivity index (χ2n) is 12.6. The summed E-state index contributed by atoms with van der Waals surface area (Å²) in [5, 5.41) is 10.8. The van der Waals surface area contributed by atoms with Crippen LogP contribution in [0.1, 0.15) is 89.8 Å². The second-order valence-corrected chi connectivity index (χ2v) is 12.6. The molecule has 1 aromatic carbocycles. The third-order valence-electron chi connectivity index (χ3n) is 11.2. The number of aromatic hydroxyl groups is 1. The fourth-order valence-electron chi connectivity index (χ4n) is 8.99. The lowest BCUT2D eigenvalue weighted by Crippen LogP contribution is -2.64. The Morgan fingerprint density at radius 2 is 1.75 bits per heavy atom. The van der Waals surface area contributed by atoms with E-state index in [0.717, 1.165) is 31.2 Å². The molecular formula is C29H40O3. The lowest BCUT2D eigenvalue weighted by molar-refractivity contribution is -0.191. The van der Waals surface area contributed by atoms with Crippen molar-refractivity contribution in [2.45, 2.75) is 85.5 Å². The van der Waals surface area contributed by atoms with E-state index in [1.807, 2.05) is 6.07 Å². The van der Waals surface area contributed by atoms with Gasteiger partial charge in [0.15, 0.2) is 11.5 Å². The van der Waals surface area contributed by atoms with Crippen molar-refractivity contribution in [1.29, 1.82) is 0 Å². The lowest BCUT2D eigenvalue weighted by Gasteiger charge is -2.70. The van der Waals surface area contributed by atoms with Gasteiger partial charge in [-0.2, -0.15) is 0 Å². The molecule has 0 radical (unpaired) electrons. The quantitative estimate of drug-likeness (QED) is 0.525. The van der Waals surface area contributed by atoms with Crippen molar-refractivity contribution >= 4 is 11.9 Å². The Morgan fingerprint density at radius 1 is 1.06 bits per heavy atom. The zero-order valence-corrected chi connectivity index (χ0v) is 21.0. The highest BCUT2D eigenvalue weighted by molar-refractivity contribution is 5.82. The lowest BCUT2D eigenvalue weighted by atomic mass is 9.34. The van der Waals surface area contributed by atoms with E-state index in [1.165, 1.54) is 24.0 Å². The van der Waals surface area contributed by atoms with E-state index in [1.54, 1.807) is 7.11 Å². The number of allylic oxidation sites excluding steroid dienone is 1. The molecule has 1 aromatic rings. The Hall–Kier alpha value is -1.77. The largest absolute Gasteiger partial charge is 0.504 e. The number of hydrogen-bond acceptors (Lipinski definition) is 3. The van der Waals surface area contributed by atoms with E-state index in [0.29, 0.717) is 23.4 Å². The maximum atomic E-state index is 12.7. The molecule has 0 saturated heterocycles. The third-order valence-corrected chi connectivity index (χ3v) is 11.2. The zero-order chi connectivity index (χ0) is 23.3. The monoisotopic (exact) mass is 436 g/mol. The SMILES string of the molecule is COc1c(O)cc2c(c1C)C=C[C@@H]1[C@@]2(C)CC[C@@]2(C)[C@@H]3C[C@@H](C)C(=O)C[C@]3(C)CC[C@]12C. The first kappa shape index (κ1) is 22.0. The molecule has 0 unspecified atom stereocenters. The van der Waals surface area contributed by atoms with Gasteiger partial charge >= 0.3 is 0 Å². The summed E-state index contributed by atoms with van der Waals surface area (Å²) in [6.07, 6.45) is 11.2. The number of ether oxygens (including phenoxy) is 1. The van der Waals surface area contributed by atoms with Crippen LogP contribution in [0.4, 0.5) is 0 Å². The Bertz CT molecular complexity index is 1020. The first-order valence-electron chi connectivity index (χ1n) is 12.5. The molecule has 5 rings (SSSR count). The fraction of sp³-hybridized carbons (Fsp3) is 0.690. The van der Waals surface area contributed by atoms with Crippen molar-refractivity contribution in [2.24, 2.45) is 34.0 Å².